The van der Waals surface area contributed by atoms with Crippen LogP contribution in [-0.2, 0) is 6.54 Å². The fourth-order valence-corrected chi connectivity index (χ4v) is 4.22. The summed E-state index contributed by atoms with van der Waals surface area (Å²) in [7, 11) is 0. The minimum atomic E-state index is -0.311. The molecule has 4 aromatic rings. The molecule has 150 valence electrons. The molecule has 0 spiro atoms. The molecule has 1 aliphatic heterocycles. The van der Waals surface area contributed by atoms with Crippen molar-refractivity contribution in [3.63, 3.8) is 0 Å². The average molecular weight is 395 g/mol. The normalized spacial score (nSPS) is 16.2. The first-order valence-corrected chi connectivity index (χ1v) is 9.91. The topological polar surface area (TPSA) is 68.6 Å². The number of fused-ring (bicyclic) bond motifs is 2. The number of imidazole rings is 1. The molecule has 0 bridgehead atoms. The minimum absolute atomic E-state index is 0.0562. The lowest BCUT2D eigenvalue weighted by atomic mass is 9.91. The summed E-state index contributed by atoms with van der Waals surface area (Å²) in [6.07, 6.45) is 5.52. The number of rotatable bonds is 4. The maximum absolute atomic E-state index is 13.4. The molecule has 5 rings (SSSR count). The monoisotopic (exact) mass is 395 g/mol. The molecule has 0 N–H and O–H groups in total. The zero-order valence-electron chi connectivity index (χ0n) is 16.2. The van der Waals surface area contributed by atoms with E-state index in [2.05, 4.69) is 15.0 Å². The predicted molar refractivity (Wildman–Crippen MR) is 107 cm³/mol. The molecular weight excluding hydrogens is 373 g/mol. The van der Waals surface area contributed by atoms with Gasteiger partial charge in [0.15, 0.2) is 5.58 Å². The van der Waals surface area contributed by atoms with Crippen LogP contribution in [0.15, 0.2) is 46.0 Å². The zero-order chi connectivity index (χ0) is 20.0. The molecule has 0 atom stereocenters. The van der Waals surface area contributed by atoms with Crippen LogP contribution >= 0.6 is 0 Å². The third-order valence-electron chi connectivity index (χ3n) is 5.80. The van der Waals surface area contributed by atoms with E-state index in [1.807, 2.05) is 19.2 Å². The smallest absolute Gasteiger partial charge is 0.333 e. The van der Waals surface area contributed by atoms with Crippen LogP contribution in [0.3, 0.4) is 0 Å². The SMILES string of the molecule is Cc1cn2c(=O)n(CCN3CCC(c4noc5cc(F)ccc45)CC3)ccc2n1. The van der Waals surface area contributed by atoms with Gasteiger partial charge in [-0.25, -0.2) is 14.2 Å². The molecular formula is C21H22FN5O2. The van der Waals surface area contributed by atoms with E-state index in [0.717, 1.165) is 49.2 Å². The highest BCUT2D eigenvalue weighted by Gasteiger charge is 2.25. The van der Waals surface area contributed by atoms with Crippen molar-refractivity contribution in [1.29, 1.82) is 0 Å². The summed E-state index contributed by atoms with van der Waals surface area (Å²) in [5.41, 5.74) is 2.90. The molecule has 7 nitrogen and oxygen atoms in total. The number of nitrogens with zero attached hydrogens (tertiary/aromatic N) is 5. The van der Waals surface area contributed by atoms with Crippen LogP contribution in [-0.4, -0.2) is 43.6 Å². The summed E-state index contributed by atoms with van der Waals surface area (Å²) in [5, 5.41) is 5.11. The molecule has 3 aromatic heterocycles. The molecule has 1 aromatic carbocycles. The van der Waals surface area contributed by atoms with E-state index in [-0.39, 0.29) is 11.5 Å². The lowest BCUT2D eigenvalue weighted by Gasteiger charge is -2.31. The lowest BCUT2D eigenvalue weighted by Crippen LogP contribution is -2.37. The Morgan fingerprint density at radius 3 is 2.86 bits per heavy atom. The molecule has 8 heteroatoms. The lowest BCUT2D eigenvalue weighted by molar-refractivity contribution is 0.201. The van der Waals surface area contributed by atoms with E-state index < -0.39 is 0 Å². The average Bonchev–Trinajstić information content (AvgIpc) is 3.31. The molecule has 1 saturated heterocycles. The summed E-state index contributed by atoms with van der Waals surface area (Å²) < 4.78 is 22.0. The van der Waals surface area contributed by atoms with Gasteiger partial charge in [-0.3, -0.25) is 8.97 Å². The number of hydrogen-bond donors (Lipinski definition) is 0. The van der Waals surface area contributed by atoms with Gasteiger partial charge in [-0.1, -0.05) is 5.16 Å². The fourth-order valence-electron chi connectivity index (χ4n) is 4.22. The second kappa shape index (κ2) is 7.11. The van der Waals surface area contributed by atoms with E-state index in [0.29, 0.717) is 23.7 Å². The van der Waals surface area contributed by atoms with Gasteiger partial charge in [0, 0.05) is 42.9 Å². The van der Waals surface area contributed by atoms with Crippen LogP contribution in [0.4, 0.5) is 4.39 Å². The molecule has 4 heterocycles. The highest BCUT2D eigenvalue weighted by Crippen LogP contribution is 2.32. The molecule has 0 amide bonds. The van der Waals surface area contributed by atoms with Gasteiger partial charge in [-0.15, -0.1) is 0 Å². The van der Waals surface area contributed by atoms with Gasteiger partial charge in [0.25, 0.3) is 0 Å². The zero-order valence-corrected chi connectivity index (χ0v) is 16.2. The summed E-state index contributed by atoms with van der Waals surface area (Å²) in [5.74, 6) is 0.000241. The van der Waals surface area contributed by atoms with Crippen molar-refractivity contribution >= 4 is 16.6 Å². The van der Waals surface area contributed by atoms with Crippen molar-refractivity contribution in [3.8, 4) is 0 Å². The van der Waals surface area contributed by atoms with Gasteiger partial charge in [-0.2, -0.15) is 0 Å². The molecule has 1 fully saturated rings. The minimum Gasteiger partial charge on any atom is -0.356 e. The van der Waals surface area contributed by atoms with Gasteiger partial charge >= 0.3 is 5.69 Å². The first-order chi connectivity index (χ1) is 14.1. The molecule has 0 radical (unpaired) electrons. The Hall–Kier alpha value is -3.00. The van der Waals surface area contributed by atoms with Crippen LogP contribution in [0.1, 0.15) is 30.1 Å². The highest BCUT2D eigenvalue weighted by atomic mass is 19.1. The second-order valence-electron chi connectivity index (χ2n) is 7.73. The molecule has 29 heavy (non-hydrogen) atoms. The van der Waals surface area contributed by atoms with Crippen molar-refractivity contribution in [3.05, 3.63) is 64.3 Å². The van der Waals surface area contributed by atoms with Crippen LogP contribution in [0, 0.1) is 12.7 Å². The van der Waals surface area contributed by atoms with Crippen molar-refractivity contribution in [2.45, 2.75) is 32.2 Å². The number of hydrogen-bond acceptors (Lipinski definition) is 5. The van der Waals surface area contributed by atoms with Crippen LogP contribution < -0.4 is 5.69 Å². The standard InChI is InChI=1S/C21H22FN5O2/c1-14-13-27-19(23-14)6-9-26(21(27)28)11-10-25-7-4-15(5-8-25)20-17-3-2-16(22)12-18(17)29-24-20/h2-3,6,9,12-13,15H,4-5,7-8,10-11H2,1H3. The molecule has 0 aliphatic carbocycles. The first-order valence-electron chi connectivity index (χ1n) is 9.91. The van der Waals surface area contributed by atoms with Crippen LogP contribution in [0.5, 0.6) is 0 Å². The third kappa shape index (κ3) is 3.33. The van der Waals surface area contributed by atoms with E-state index in [1.165, 1.54) is 12.1 Å². The Balaban J connectivity index is 1.23. The first kappa shape index (κ1) is 18.1. The summed E-state index contributed by atoms with van der Waals surface area (Å²) in [6, 6.07) is 6.47. The van der Waals surface area contributed by atoms with Gasteiger partial charge in [0.1, 0.15) is 11.5 Å². The fraction of sp³-hybridized carbons (Fsp3) is 0.381. The van der Waals surface area contributed by atoms with Gasteiger partial charge in [-0.05, 0) is 51.1 Å². The Morgan fingerprint density at radius 1 is 1.21 bits per heavy atom. The molecule has 0 unspecified atom stereocenters. The van der Waals surface area contributed by atoms with Gasteiger partial charge in [0.05, 0.1) is 11.4 Å². The second-order valence-corrected chi connectivity index (χ2v) is 7.73. The highest BCUT2D eigenvalue weighted by molar-refractivity contribution is 5.79. The van der Waals surface area contributed by atoms with Gasteiger partial charge < -0.3 is 9.42 Å². The number of halogens is 1. The van der Waals surface area contributed by atoms with Crippen molar-refractivity contribution in [2.24, 2.45) is 0 Å². The summed E-state index contributed by atoms with van der Waals surface area (Å²) >= 11 is 0. The van der Waals surface area contributed by atoms with Crippen molar-refractivity contribution < 1.29 is 8.91 Å². The number of benzene rings is 1. The number of piperidine rings is 1. The number of aromatic nitrogens is 4. The third-order valence-corrected chi connectivity index (χ3v) is 5.80. The quantitative estimate of drug-likeness (QED) is 0.531. The molecule has 0 saturated carbocycles. The van der Waals surface area contributed by atoms with Crippen LogP contribution in [0.25, 0.3) is 16.6 Å². The Morgan fingerprint density at radius 2 is 2.03 bits per heavy atom. The Kier molecular flexibility index (Phi) is 4.43. The Labute approximate surface area is 166 Å². The van der Waals surface area contributed by atoms with E-state index in [4.69, 9.17) is 4.52 Å². The number of aryl methyl sites for hydroxylation is 1. The van der Waals surface area contributed by atoms with Crippen molar-refractivity contribution in [2.75, 3.05) is 19.6 Å². The van der Waals surface area contributed by atoms with E-state index >= 15 is 0 Å². The predicted octanol–water partition coefficient (Wildman–Crippen LogP) is 2.96. The maximum atomic E-state index is 13.4. The van der Waals surface area contributed by atoms with Crippen molar-refractivity contribution in [1.82, 2.24) is 24.0 Å². The summed E-state index contributed by atoms with van der Waals surface area (Å²) in [6.45, 7) is 5.21. The maximum Gasteiger partial charge on any atom is 0.333 e. The largest absolute Gasteiger partial charge is 0.356 e. The summed E-state index contributed by atoms with van der Waals surface area (Å²) in [4.78, 5) is 19.3. The van der Waals surface area contributed by atoms with Crippen LogP contribution in [0.2, 0.25) is 0 Å². The van der Waals surface area contributed by atoms with Gasteiger partial charge in [0.2, 0.25) is 0 Å². The number of likely N-dealkylation sites (tertiary alicyclic amines) is 1. The Bertz CT molecular complexity index is 1230. The van der Waals surface area contributed by atoms with E-state index in [1.54, 1.807) is 21.2 Å². The molecule has 1 aliphatic rings. The van der Waals surface area contributed by atoms with E-state index in [9.17, 15) is 9.18 Å².